The second-order valence-electron chi connectivity index (χ2n) is 5.13. The van der Waals surface area contributed by atoms with Gasteiger partial charge in [-0.05, 0) is 31.7 Å². The molecule has 1 rings (SSSR count). The van der Waals surface area contributed by atoms with Gasteiger partial charge in [-0.15, -0.1) is 0 Å². The molecule has 0 aromatic heterocycles. The van der Waals surface area contributed by atoms with Gasteiger partial charge in [-0.2, -0.15) is 0 Å². The maximum atomic E-state index is 10.9. The van der Waals surface area contributed by atoms with Crippen molar-refractivity contribution in [3.05, 3.63) is 33.9 Å². The summed E-state index contributed by atoms with van der Waals surface area (Å²) in [5, 5.41) is 22.8. The van der Waals surface area contributed by atoms with E-state index in [0.717, 1.165) is 18.5 Å². The molecule has 0 radical (unpaired) electrons. The molecule has 0 aliphatic carbocycles. The standard InChI is InChI=1S/C15H22N2O4/c1-3-12(7-8-15(18)19)9-10-16-13-5-4-6-14(11(13)2)17(20)21/h4-6,12,16H,3,7-10H2,1-2H3,(H,18,19). The van der Waals surface area contributed by atoms with Gasteiger partial charge >= 0.3 is 5.97 Å². The van der Waals surface area contributed by atoms with Gasteiger partial charge in [0, 0.05) is 30.3 Å². The van der Waals surface area contributed by atoms with Gasteiger partial charge in [0.25, 0.3) is 5.69 Å². The van der Waals surface area contributed by atoms with Crippen LogP contribution < -0.4 is 5.32 Å². The number of hydrogen-bond donors (Lipinski definition) is 2. The van der Waals surface area contributed by atoms with E-state index in [1.165, 1.54) is 6.07 Å². The van der Waals surface area contributed by atoms with Crippen LogP contribution in [0.5, 0.6) is 0 Å². The summed E-state index contributed by atoms with van der Waals surface area (Å²) >= 11 is 0. The third-order valence-corrected chi connectivity index (χ3v) is 3.71. The fourth-order valence-corrected chi connectivity index (χ4v) is 2.30. The fraction of sp³-hybridized carbons (Fsp3) is 0.533. The molecule has 0 aliphatic rings. The van der Waals surface area contributed by atoms with Crippen LogP contribution in [-0.2, 0) is 4.79 Å². The number of nitro benzene ring substituents is 1. The van der Waals surface area contributed by atoms with E-state index in [-0.39, 0.29) is 17.0 Å². The lowest BCUT2D eigenvalue weighted by molar-refractivity contribution is -0.385. The molecule has 2 N–H and O–H groups in total. The number of nitrogens with one attached hydrogen (secondary N) is 1. The minimum atomic E-state index is -0.768. The molecule has 0 aliphatic heterocycles. The van der Waals surface area contributed by atoms with Crippen LogP contribution in [0.4, 0.5) is 11.4 Å². The van der Waals surface area contributed by atoms with Crippen LogP contribution >= 0.6 is 0 Å². The Hall–Kier alpha value is -2.11. The van der Waals surface area contributed by atoms with Gasteiger partial charge in [0.15, 0.2) is 0 Å². The summed E-state index contributed by atoms with van der Waals surface area (Å²) in [6, 6.07) is 4.97. The minimum absolute atomic E-state index is 0.109. The summed E-state index contributed by atoms with van der Waals surface area (Å²) in [5.74, 6) is -0.413. The van der Waals surface area contributed by atoms with Gasteiger partial charge in [-0.25, -0.2) is 0 Å². The Labute approximate surface area is 124 Å². The van der Waals surface area contributed by atoms with E-state index in [1.54, 1.807) is 13.0 Å². The molecule has 116 valence electrons. The number of nitrogens with zero attached hydrogens (tertiary/aromatic N) is 1. The maximum absolute atomic E-state index is 10.9. The zero-order valence-electron chi connectivity index (χ0n) is 12.5. The van der Waals surface area contributed by atoms with Crippen molar-refractivity contribution in [1.29, 1.82) is 0 Å². The summed E-state index contributed by atoms with van der Waals surface area (Å²) < 4.78 is 0. The Balaban J connectivity index is 2.53. The molecular weight excluding hydrogens is 272 g/mol. The van der Waals surface area contributed by atoms with Crippen LogP contribution in [0.3, 0.4) is 0 Å². The molecule has 6 nitrogen and oxygen atoms in total. The quantitative estimate of drug-likeness (QED) is 0.536. The van der Waals surface area contributed by atoms with Crippen LogP contribution in [0.2, 0.25) is 0 Å². The topological polar surface area (TPSA) is 92.5 Å². The number of carbonyl (C=O) groups is 1. The number of anilines is 1. The maximum Gasteiger partial charge on any atom is 0.303 e. The molecule has 0 saturated heterocycles. The predicted molar refractivity (Wildman–Crippen MR) is 81.6 cm³/mol. The summed E-state index contributed by atoms with van der Waals surface area (Å²) in [7, 11) is 0. The Bertz CT molecular complexity index is 502. The highest BCUT2D eigenvalue weighted by Gasteiger charge is 2.13. The van der Waals surface area contributed by atoms with E-state index in [9.17, 15) is 14.9 Å². The van der Waals surface area contributed by atoms with E-state index >= 15 is 0 Å². The van der Waals surface area contributed by atoms with Gasteiger partial charge < -0.3 is 10.4 Å². The van der Waals surface area contributed by atoms with Crippen molar-refractivity contribution in [2.45, 2.75) is 39.5 Å². The van der Waals surface area contributed by atoms with E-state index in [2.05, 4.69) is 5.32 Å². The lowest BCUT2D eigenvalue weighted by Crippen LogP contribution is -2.11. The Morgan fingerprint density at radius 2 is 2.14 bits per heavy atom. The summed E-state index contributed by atoms with van der Waals surface area (Å²) in [4.78, 5) is 21.1. The number of carboxylic acids is 1. The number of benzene rings is 1. The van der Waals surface area contributed by atoms with E-state index in [1.807, 2.05) is 13.0 Å². The highest BCUT2D eigenvalue weighted by Crippen LogP contribution is 2.25. The Morgan fingerprint density at radius 1 is 1.43 bits per heavy atom. The molecule has 1 aromatic rings. The van der Waals surface area contributed by atoms with Crippen LogP contribution in [0.1, 0.15) is 38.2 Å². The third-order valence-electron chi connectivity index (χ3n) is 3.71. The highest BCUT2D eigenvalue weighted by molar-refractivity contribution is 5.66. The van der Waals surface area contributed by atoms with Crippen molar-refractivity contribution in [3.8, 4) is 0 Å². The van der Waals surface area contributed by atoms with Gasteiger partial charge in [0.1, 0.15) is 0 Å². The van der Waals surface area contributed by atoms with Gasteiger partial charge in [0.2, 0.25) is 0 Å². The number of hydrogen-bond acceptors (Lipinski definition) is 4. The molecule has 0 fully saturated rings. The van der Waals surface area contributed by atoms with Gasteiger partial charge in [-0.1, -0.05) is 19.4 Å². The zero-order valence-corrected chi connectivity index (χ0v) is 12.5. The number of aliphatic carboxylic acids is 1. The van der Waals surface area contributed by atoms with Crippen molar-refractivity contribution in [1.82, 2.24) is 0 Å². The normalized spacial score (nSPS) is 11.9. The summed E-state index contributed by atoms with van der Waals surface area (Å²) in [5.41, 5.74) is 1.50. The second-order valence-corrected chi connectivity index (χ2v) is 5.13. The smallest absolute Gasteiger partial charge is 0.303 e. The van der Waals surface area contributed by atoms with Crippen LogP contribution in [-0.4, -0.2) is 22.5 Å². The SMILES string of the molecule is CCC(CCNc1cccc([N+](=O)[O-])c1C)CCC(=O)O. The first-order valence-corrected chi connectivity index (χ1v) is 7.15. The largest absolute Gasteiger partial charge is 0.481 e. The molecule has 0 saturated carbocycles. The van der Waals surface area contributed by atoms with E-state index < -0.39 is 5.97 Å². The predicted octanol–water partition coefficient (Wildman–Crippen LogP) is 3.60. The molecule has 0 amide bonds. The second kappa shape index (κ2) is 8.24. The van der Waals surface area contributed by atoms with Crippen molar-refractivity contribution in [2.75, 3.05) is 11.9 Å². The van der Waals surface area contributed by atoms with Crippen molar-refractivity contribution >= 4 is 17.3 Å². The first-order valence-electron chi connectivity index (χ1n) is 7.15. The van der Waals surface area contributed by atoms with Crippen molar-refractivity contribution < 1.29 is 14.8 Å². The van der Waals surface area contributed by atoms with Crippen LogP contribution in [0, 0.1) is 23.0 Å². The van der Waals surface area contributed by atoms with Crippen LogP contribution in [0.25, 0.3) is 0 Å². The molecule has 1 unspecified atom stereocenters. The van der Waals surface area contributed by atoms with Crippen molar-refractivity contribution in [2.24, 2.45) is 5.92 Å². The van der Waals surface area contributed by atoms with E-state index in [0.29, 0.717) is 24.4 Å². The monoisotopic (exact) mass is 294 g/mol. The lowest BCUT2D eigenvalue weighted by atomic mass is 9.96. The zero-order chi connectivity index (χ0) is 15.8. The molecule has 0 spiro atoms. The molecular formula is C15H22N2O4. The molecule has 0 bridgehead atoms. The summed E-state index contributed by atoms with van der Waals surface area (Å²) in [6.45, 7) is 4.45. The minimum Gasteiger partial charge on any atom is -0.481 e. The number of rotatable bonds is 9. The number of carboxylic acid groups (broad SMARTS) is 1. The fourth-order valence-electron chi connectivity index (χ4n) is 2.30. The molecule has 21 heavy (non-hydrogen) atoms. The van der Waals surface area contributed by atoms with Gasteiger partial charge in [0.05, 0.1) is 4.92 Å². The van der Waals surface area contributed by atoms with Crippen molar-refractivity contribution in [3.63, 3.8) is 0 Å². The average molecular weight is 294 g/mol. The molecule has 0 heterocycles. The molecule has 1 aromatic carbocycles. The highest BCUT2D eigenvalue weighted by atomic mass is 16.6. The Morgan fingerprint density at radius 3 is 2.71 bits per heavy atom. The first-order chi connectivity index (χ1) is 9.95. The lowest BCUT2D eigenvalue weighted by Gasteiger charge is -2.15. The number of nitro groups is 1. The Kier molecular flexibility index (Phi) is 6.65. The van der Waals surface area contributed by atoms with Crippen LogP contribution in [0.15, 0.2) is 18.2 Å². The third kappa shape index (κ3) is 5.41. The average Bonchev–Trinajstić information content (AvgIpc) is 2.43. The molecule has 6 heteroatoms. The van der Waals surface area contributed by atoms with E-state index in [4.69, 9.17) is 5.11 Å². The summed E-state index contributed by atoms with van der Waals surface area (Å²) in [6.07, 6.45) is 2.64. The van der Waals surface area contributed by atoms with Gasteiger partial charge in [-0.3, -0.25) is 14.9 Å². The molecule has 1 atom stereocenters. The first kappa shape index (κ1) is 16.9.